The normalized spacial score (nSPS) is 23.9. The average molecular weight is 525 g/mol. The highest BCUT2D eigenvalue weighted by atomic mass is 32.2. The van der Waals surface area contributed by atoms with E-state index >= 15 is 0 Å². The maximum absolute atomic E-state index is 12.7. The van der Waals surface area contributed by atoms with E-state index in [1.165, 1.54) is 0 Å². The molecule has 202 valence electrons. The molecule has 0 spiro atoms. The number of pyridine rings is 1. The molecule has 0 radical (unpaired) electrons. The second-order valence-corrected chi connectivity index (χ2v) is 11.9. The monoisotopic (exact) mass is 524 g/mol. The zero-order valence-electron chi connectivity index (χ0n) is 21.1. The number of unbranched alkanes of at least 4 members (excludes halogenated alkanes) is 1. The van der Waals surface area contributed by atoms with Crippen molar-refractivity contribution >= 4 is 27.6 Å². The molecule has 1 aliphatic carbocycles. The first kappa shape index (κ1) is 28.3. The number of aliphatic hydroxyl groups is 1. The lowest BCUT2D eigenvalue weighted by atomic mass is 9.74. The molecule has 1 atom stereocenters. The van der Waals surface area contributed by atoms with Gasteiger partial charge in [-0.05, 0) is 63.0 Å². The van der Waals surface area contributed by atoms with Crippen molar-refractivity contribution in [2.45, 2.75) is 76.4 Å². The van der Waals surface area contributed by atoms with Gasteiger partial charge in [-0.2, -0.15) is 4.72 Å². The standard InChI is InChI=1S/C25H40N4O6S/c1-2-3-19-36(34,35)27-23(24(31)32)25(33)11-7-20(8-12-25)5-4-6-22(30)29-17-15-28(16-18-29)21-9-13-26-14-10-21/h9-10,13-14,20,23,27,33H,2-8,11-12,15-19H2,1H3,(H,31,32). The quantitative estimate of drug-likeness (QED) is 0.377. The Morgan fingerprint density at radius 3 is 2.36 bits per heavy atom. The molecule has 36 heavy (non-hydrogen) atoms. The maximum atomic E-state index is 12.7. The zero-order valence-corrected chi connectivity index (χ0v) is 22.0. The highest BCUT2D eigenvalue weighted by Crippen LogP contribution is 2.37. The molecule has 3 rings (SSSR count). The number of piperazine rings is 1. The van der Waals surface area contributed by atoms with Gasteiger partial charge < -0.3 is 20.0 Å². The molecule has 11 heteroatoms. The van der Waals surface area contributed by atoms with Gasteiger partial charge in [0.05, 0.1) is 11.4 Å². The minimum absolute atomic E-state index is 0.154. The number of hydrogen-bond acceptors (Lipinski definition) is 7. The van der Waals surface area contributed by atoms with Gasteiger partial charge in [0.25, 0.3) is 0 Å². The number of anilines is 1. The van der Waals surface area contributed by atoms with Gasteiger partial charge in [0.2, 0.25) is 15.9 Å². The van der Waals surface area contributed by atoms with Gasteiger partial charge in [-0.1, -0.05) is 13.3 Å². The van der Waals surface area contributed by atoms with Crippen LogP contribution in [0.3, 0.4) is 0 Å². The summed E-state index contributed by atoms with van der Waals surface area (Å²) in [5, 5.41) is 20.6. The van der Waals surface area contributed by atoms with Crippen LogP contribution in [0, 0.1) is 5.92 Å². The van der Waals surface area contributed by atoms with E-state index in [-0.39, 0.29) is 30.4 Å². The number of aromatic nitrogens is 1. The smallest absolute Gasteiger partial charge is 0.324 e. The van der Waals surface area contributed by atoms with E-state index < -0.39 is 27.6 Å². The first-order chi connectivity index (χ1) is 17.1. The lowest BCUT2D eigenvalue weighted by Crippen LogP contribution is -2.58. The summed E-state index contributed by atoms with van der Waals surface area (Å²) in [4.78, 5) is 32.7. The van der Waals surface area contributed by atoms with Crippen molar-refractivity contribution in [3.63, 3.8) is 0 Å². The molecule has 1 aliphatic heterocycles. The van der Waals surface area contributed by atoms with Gasteiger partial charge in [0.15, 0.2) is 0 Å². The molecule has 1 aromatic heterocycles. The first-order valence-electron chi connectivity index (χ1n) is 13.0. The molecule has 1 unspecified atom stereocenters. The Bertz CT molecular complexity index is 958. The number of nitrogens with one attached hydrogen (secondary N) is 1. The minimum Gasteiger partial charge on any atom is -0.480 e. The number of nitrogens with zero attached hydrogens (tertiary/aromatic N) is 3. The van der Waals surface area contributed by atoms with E-state index in [9.17, 15) is 28.2 Å². The first-order valence-corrected chi connectivity index (χ1v) is 14.7. The molecule has 10 nitrogen and oxygen atoms in total. The molecule has 2 heterocycles. The molecule has 0 aromatic carbocycles. The number of aliphatic carboxylic acids is 1. The van der Waals surface area contributed by atoms with Crippen LogP contribution in [-0.4, -0.2) is 84.0 Å². The van der Waals surface area contributed by atoms with Crippen molar-refractivity contribution in [3.8, 4) is 0 Å². The third kappa shape index (κ3) is 7.88. The summed E-state index contributed by atoms with van der Waals surface area (Å²) >= 11 is 0. The van der Waals surface area contributed by atoms with Crippen molar-refractivity contribution in [2.75, 3.05) is 36.8 Å². The lowest BCUT2D eigenvalue weighted by Gasteiger charge is -2.40. The van der Waals surface area contributed by atoms with Crippen LogP contribution in [0.15, 0.2) is 24.5 Å². The van der Waals surface area contributed by atoms with Gasteiger partial charge >= 0.3 is 5.97 Å². The second-order valence-electron chi connectivity index (χ2n) is 10.1. The van der Waals surface area contributed by atoms with Crippen LogP contribution >= 0.6 is 0 Å². The number of rotatable bonds is 12. The Labute approximate surface area is 214 Å². The Hall–Kier alpha value is -2.24. The highest BCUT2D eigenvalue weighted by molar-refractivity contribution is 7.89. The molecule has 1 amide bonds. The molecular formula is C25H40N4O6S. The van der Waals surface area contributed by atoms with Gasteiger partial charge in [-0.25, -0.2) is 8.42 Å². The van der Waals surface area contributed by atoms with E-state index in [0.29, 0.717) is 45.2 Å². The summed E-state index contributed by atoms with van der Waals surface area (Å²) in [5.74, 6) is -1.07. The topological polar surface area (TPSA) is 140 Å². The molecule has 1 saturated carbocycles. The molecule has 1 saturated heterocycles. The van der Waals surface area contributed by atoms with Crippen LogP contribution < -0.4 is 9.62 Å². The van der Waals surface area contributed by atoms with Crippen LogP contribution in [0.4, 0.5) is 5.69 Å². The Balaban J connectivity index is 1.40. The van der Waals surface area contributed by atoms with Gasteiger partial charge in [-0.3, -0.25) is 14.6 Å². The van der Waals surface area contributed by atoms with Crippen LogP contribution in [-0.2, 0) is 19.6 Å². The fraction of sp³-hybridized carbons (Fsp3) is 0.720. The number of hydrogen-bond donors (Lipinski definition) is 3. The fourth-order valence-electron chi connectivity index (χ4n) is 5.19. The minimum atomic E-state index is -3.78. The molecule has 2 fully saturated rings. The Morgan fingerprint density at radius 1 is 1.14 bits per heavy atom. The maximum Gasteiger partial charge on any atom is 0.324 e. The number of carbonyl (C=O) groups excluding carboxylic acids is 1. The number of amides is 1. The largest absolute Gasteiger partial charge is 0.480 e. The van der Waals surface area contributed by atoms with Crippen molar-refractivity contribution in [2.24, 2.45) is 5.92 Å². The number of carboxylic acid groups (broad SMARTS) is 1. The van der Waals surface area contributed by atoms with Crippen molar-refractivity contribution in [1.82, 2.24) is 14.6 Å². The molecular weight excluding hydrogens is 484 g/mol. The van der Waals surface area contributed by atoms with E-state index in [0.717, 1.165) is 31.6 Å². The predicted octanol–water partition coefficient (Wildman–Crippen LogP) is 1.99. The third-order valence-corrected chi connectivity index (χ3v) is 8.90. The predicted molar refractivity (Wildman–Crippen MR) is 137 cm³/mol. The number of carboxylic acids is 1. The fourth-order valence-corrected chi connectivity index (χ4v) is 6.65. The van der Waals surface area contributed by atoms with Crippen molar-refractivity contribution in [1.29, 1.82) is 0 Å². The summed E-state index contributed by atoms with van der Waals surface area (Å²) in [6.45, 7) is 4.84. The van der Waals surface area contributed by atoms with Crippen LogP contribution in [0.2, 0.25) is 0 Å². The lowest BCUT2D eigenvalue weighted by molar-refractivity contribution is -0.148. The highest BCUT2D eigenvalue weighted by Gasteiger charge is 2.45. The summed E-state index contributed by atoms with van der Waals surface area (Å²) in [7, 11) is -3.78. The third-order valence-electron chi connectivity index (χ3n) is 7.48. The summed E-state index contributed by atoms with van der Waals surface area (Å²) in [6, 6.07) is 2.40. The van der Waals surface area contributed by atoms with Crippen LogP contribution in [0.1, 0.15) is 64.7 Å². The van der Waals surface area contributed by atoms with E-state index in [1.54, 1.807) is 12.4 Å². The Morgan fingerprint density at radius 2 is 1.78 bits per heavy atom. The summed E-state index contributed by atoms with van der Waals surface area (Å²) in [5.41, 5.74) is -0.486. The SMILES string of the molecule is CCCCS(=O)(=O)NC(C(=O)O)C1(O)CCC(CCCC(=O)N2CCN(c3ccncc3)CC2)CC1. The van der Waals surface area contributed by atoms with Crippen LogP contribution in [0.25, 0.3) is 0 Å². The summed E-state index contributed by atoms with van der Waals surface area (Å²) < 4.78 is 26.7. The number of sulfonamides is 1. The average Bonchev–Trinajstić information content (AvgIpc) is 2.88. The zero-order chi connectivity index (χ0) is 26.2. The van der Waals surface area contributed by atoms with Gasteiger partial charge in [0.1, 0.15) is 6.04 Å². The van der Waals surface area contributed by atoms with Crippen LogP contribution in [0.5, 0.6) is 0 Å². The molecule has 3 N–H and O–H groups in total. The van der Waals surface area contributed by atoms with Gasteiger partial charge in [-0.15, -0.1) is 0 Å². The van der Waals surface area contributed by atoms with E-state index in [2.05, 4.69) is 14.6 Å². The molecule has 2 aliphatic rings. The summed E-state index contributed by atoms with van der Waals surface area (Å²) in [6.07, 6.45) is 8.36. The van der Waals surface area contributed by atoms with Crippen molar-refractivity contribution in [3.05, 3.63) is 24.5 Å². The van der Waals surface area contributed by atoms with Crippen molar-refractivity contribution < 1.29 is 28.2 Å². The van der Waals surface area contributed by atoms with E-state index in [4.69, 9.17) is 0 Å². The number of carbonyl (C=O) groups is 2. The molecule has 0 bridgehead atoms. The van der Waals surface area contributed by atoms with Gasteiger partial charge in [0, 0.05) is 50.7 Å². The molecule has 1 aromatic rings. The Kier molecular flexibility index (Phi) is 10.1. The second kappa shape index (κ2) is 12.8. The van der Waals surface area contributed by atoms with E-state index in [1.807, 2.05) is 24.0 Å².